The van der Waals surface area contributed by atoms with Gasteiger partial charge in [0.1, 0.15) is 5.76 Å². The number of halogens is 1. The highest BCUT2D eigenvalue weighted by Crippen LogP contribution is 2.12. The minimum absolute atomic E-state index is 0.0227. The molecule has 24 heavy (non-hydrogen) atoms. The Morgan fingerprint density at radius 3 is 2.50 bits per heavy atom. The van der Waals surface area contributed by atoms with E-state index in [4.69, 9.17) is 4.74 Å². The molecular weight excluding hydrogens is 311 g/mol. The average molecular weight is 336 g/mol. The summed E-state index contributed by atoms with van der Waals surface area (Å²) in [5.74, 6) is 0.0341. The van der Waals surface area contributed by atoms with Gasteiger partial charge in [0.05, 0.1) is 12.9 Å². The Kier molecular flexibility index (Phi) is 11.5. The lowest BCUT2D eigenvalue weighted by atomic mass is 10.1. The zero-order chi connectivity index (χ0) is 18.4. The van der Waals surface area contributed by atoms with Gasteiger partial charge in [-0.05, 0) is 38.0 Å². The topological polar surface area (TPSA) is 58.6 Å². The summed E-state index contributed by atoms with van der Waals surface area (Å²) >= 11 is 0. The standard InChI is InChI=1S/C18H25FN2O3/c1-5-16(9-8-12-19)10-11-17(13-20-14-22)24-15(4)18(23)21(6-2)7-3/h5,8-9,11-12,14H,1,4,6-7,10,13H2,2-3H3,(H,20,22)/b12-8+,16-9+,17-11-. The van der Waals surface area contributed by atoms with E-state index in [1.54, 1.807) is 23.1 Å². The molecule has 0 aliphatic heterocycles. The quantitative estimate of drug-likeness (QED) is 0.258. The van der Waals surface area contributed by atoms with E-state index in [0.717, 1.165) is 5.57 Å². The van der Waals surface area contributed by atoms with Crippen molar-refractivity contribution in [1.82, 2.24) is 10.2 Å². The molecule has 1 N–H and O–H groups in total. The zero-order valence-corrected chi connectivity index (χ0v) is 14.3. The van der Waals surface area contributed by atoms with Crippen molar-refractivity contribution < 1.29 is 18.7 Å². The van der Waals surface area contributed by atoms with Crippen LogP contribution in [-0.4, -0.2) is 36.9 Å². The molecule has 0 fully saturated rings. The predicted octanol–water partition coefficient (Wildman–Crippen LogP) is 3.00. The predicted molar refractivity (Wildman–Crippen MR) is 93.4 cm³/mol. The molecule has 6 heteroatoms. The van der Waals surface area contributed by atoms with Crippen molar-refractivity contribution in [1.29, 1.82) is 0 Å². The third-order valence-electron chi connectivity index (χ3n) is 3.11. The number of nitrogens with one attached hydrogen (secondary N) is 1. The molecule has 0 unspecified atom stereocenters. The van der Waals surface area contributed by atoms with Crippen molar-refractivity contribution in [2.45, 2.75) is 20.3 Å². The highest BCUT2D eigenvalue weighted by atomic mass is 19.1. The largest absolute Gasteiger partial charge is 0.455 e. The molecule has 0 bridgehead atoms. The summed E-state index contributed by atoms with van der Waals surface area (Å²) in [5.41, 5.74) is 0.747. The Hall–Kier alpha value is -2.63. The molecule has 2 amide bonds. The third kappa shape index (κ3) is 8.12. The van der Waals surface area contributed by atoms with Gasteiger partial charge in [0.15, 0.2) is 5.76 Å². The second-order valence-electron chi connectivity index (χ2n) is 4.64. The molecule has 5 nitrogen and oxygen atoms in total. The Bertz CT molecular complexity index is 532. The van der Waals surface area contributed by atoms with Crippen molar-refractivity contribution in [3.63, 3.8) is 0 Å². The number of carbonyl (C=O) groups is 2. The van der Waals surface area contributed by atoms with Gasteiger partial charge >= 0.3 is 0 Å². The Balaban J connectivity index is 5.08. The van der Waals surface area contributed by atoms with Crippen LogP contribution in [0.25, 0.3) is 0 Å². The molecule has 0 spiro atoms. The lowest BCUT2D eigenvalue weighted by molar-refractivity contribution is -0.129. The van der Waals surface area contributed by atoms with E-state index >= 15 is 0 Å². The normalized spacial score (nSPS) is 12.0. The van der Waals surface area contributed by atoms with Crippen LogP contribution in [0.3, 0.4) is 0 Å². The van der Waals surface area contributed by atoms with Gasteiger partial charge in [-0.25, -0.2) is 4.39 Å². The summed E-state index contributed by atoms with van der Waals surface area (Å²) in [6, 6.07) is 0. The fourth-order valence-corrected chi connectivity index (χ4v) is 1.79. The number of amides is 2. The number of carbonyl (C=O) groups excluding carboxylic acids is 2. The van der Waals surface area contributed by atoms with E-state index in [1.807, 2.05) is 13.8 Å². The molecule has 0 radical (unpaired) electrons. The molecule has 0 aliphatic rings. The smallest absolute Gasteiger partial charge is 0.288 e. The van der Waals surface area contributed by atoms with Crippen LogP contribution >= 0.6 is 0 Å². The minimum atomic E-state index is -0.308. The second kappa shape index (κ2) is 12.9. The van der Waals surface area contributed by atoms with E-state index < -0.39 is 0 Å². The summed E-state index contributed by atoms with van der Waals surface area (Å²) in [6.07, 6.45) is 7.41. The summed E-state index contributed by atoms with van der Waals surface area (Å²) in [4.78, 5) is 24.2. The highest BCUT2D eigenvalue weighted by Gasteiger charge is 2.16. The fourth-order valence-electron chi connectivity index (χ4n) is 1.79. The van der Waals surface area contributed by atoms with Crippen molar-refractivity contribution in [3.8, 4) is 0 Å². The number of allylic oxidation sites excluding steroid dienone is 5. The molecular formula is C18H25FN2O3. The maximum Gasteiger partial charge on any atom is 0.288 e. The number of ether oxygens (including phenoxy) is 1. The van der Waals surface area contributed by atoms with Crippen LogP contribution in [0.2, 0.25) is 0 Å². The van der Waals surface area contributed by atoms with Gasteiger partial charge in [0, 0.05) is 13.1 Å². The second-order valence-corrected chi connectivity index (χ2v) is 4.64. The summed E-state index contributed by atoms with van der Waals surface area (Å²) in [7, 11) is 0. The van der Waals surface area contributed by atoms with Crippen LogP contribution in [0.5, 0.6) is 0 Å². The number of hydrogen-bond donors (Lipinski definition) is 1. The van der Waals surface area contributed by atoms with Gasteiger partial charge < -0.3 is 15.0 Å². The van der Waals surface area contributed by atoms with Gasteiger partial charge in [0.25, 0.3) is 5.91 Å². The molecule has 0 aromatic rings. The minimum Gasteiger partial charge on any atom is -0.455 e. The number of nitrogens with zero attached hydrogens (tertiary/aromatic N) is 1. The Labute approximate surface area is 142 Å². The van der Waals surface area contributed by atoms with Crippen molar-refractivity contribution >= 4 is 12.3 Å². The fraction of sp³-hybridized carbons (Fsp3) is 0.333. The van der Waals surface area contributed by atoms with E-state index in [0.29, 0.717) is 38.0 Å². The first-order valence-electron chi connectivity index (χ1n) is 7.64. The van der Waals surface area contributed by atoms with Crippen LogP contribution in [0.4, 0.5) is 4.39 Å². The molecule has 0 aromatic heterocycles. The number of rotatable bonds is 12. The first-order valence-corrected chi connectivity index (χ1v) is 7.64. The molecule has 0 atom stereocenters. The van der Waals surface area contributed by atoms with Crippen LogP contribution in [0.1, 0.15) is 20.3 Å². The summed E-state index contributed by atoms with van der Waals surface area (Å²) in [6.45, 7) is 12.2. The average Bonchev–Trinajstić information content (AvgIpc) is 2.60. The number of hydrogen-bond acceptors (Lipinski definition) is 3. The van der Waals surface area contributed by atoms with Gasteiger partial charge in [-0.2, -0.15) is 0 Å². The number of likely N-dealkylation sites (N-methyl/N-ethyl adjacent to an activating group) is 1. The van der Waals surface area contributed by atoms with E-state index in [-0.39, 0.29) is 18.2 Å². The maximum atomic E-state index is 12.2. The molecule has 0 saturated carbocycles. The lowest BCUT2D eigenvalue weighted by Crippen LogP contribution is -2.32. The first-order chi connectivity index (χ1) is 11.5. The lowest BCUT2D eigenvalue weighted by Gasteiger charge is -2.20. The van der Waals surface area contributed by atoms with Gasteiger partial charge in [-0.1, -0.05) is 25.3 Å². The SMILES string of the molecule is C=C/C(=C\C=C\F)C/C=C(/CNC=O)OC(=C)C(=O)N(CC)CC. The highest BCUT2D eigenvalue weighted by molar-refractivity contribution is 5.91. The Morgan fingerprint density at radius 2 is 2.00 bits per heavy atom. The van der Waals surface area contributed by atoms with Crippen molar-refractivity contribution in [3.05, 3.63) is 60.9 Å². The van der Waals surface area contributed by atoms with Gasteiger partial charge in [-0.3, -0.25) is 9.59 Å². The van der Waals surface area contributed by atoms with Crippen molar-refractivity contribution in [2.24, 2.45) is 0 Å². The molecule has 0 aromatic carbocycles. The maximum absolute atomic E-state index is 12.2. The Morgan fingerprint density at radius 1 is 1.33 bits per heavy atom. The van der Waals surface area contributed by atoms with E-state index in [2.05, 4.69) is 18.5 Å². The monoisotopic (exact) mass is 336 g/mol. The van der Waals surface area contributed by atoms with Crippen LogP contribution < -0.4 is 5.32 Å². The summed E-state index contributed by atoms with van der Waals surface area (Å²) in [5, 5.41) is 2.48. The van der Waals surface area contributed by atoms with Gasteiger partial charge in [0.2, 0.25) is 6.41 Å². The molecule has 132 valence electrons. The third-order valence-corrected chi connectivity index (χ3v) is 3.11. The molecule has 0 aliphatic carbocycles. The van der Waals surface area contributed by atoms with E-state index in [1.165, 1.54) is 6.08 Å². The molecule has 0 rings (SSSR count). The first kappa shape index (κ1) is 21.4. The van der Waals surface area contributed by atoms with Crippen LogP contribution in [0, 0.1) is 0 Å². The van der Waals surface area contributed by atoms with Crippen LogP contribution in [-0.2, 0) is 14.3 Å². The van der Waals surface area contributed by atoms with Crippen LogP contribution in [0.15, 0.2) is 60.9 Å². The van der Waals surface area contributed by atoms with Gasteiger partial charge in [-0.15, -0.1) is 0 Å². The molecule has 0 saturated heterocycles. The summed E-state index contributed by atoms with van der Waals surface area (Å²) < 4.78 is 17.6. The van der Waals surface area contributed by atoms with E-state index in [9.17, 15) is 14.0 Å². The van der Waals surface area contributed by atoms with Crippen molar-refractivity contribution in [2.75, 3.05) is 19.6 Å². The zero-order valence-electron chi connectivity index (χ0n) is 14.3. The molecule has 0 heterocycles.